The number of nitrogens with one attached hydrogen (secondary N) is 2. The summed E-state index contributed by atoms with van der Waals surface area (Å²) >= 11 is 5.66. The van der Waals surface area contributed by atoms with Crippen molar-refractivity contribution in [3.8, 4) is 0 Å². The van der Waals surface area contributed by atoms with E-state index in [0.717, 1.165) is 45.1 Å². The zero-order valence-corrected chi connectivity index (χ0v) is 10.5. The van der Waals surface area contributed by atoms with Gasteiger partial charge in [-0.15, -0.1) is 10.2 Å². The first kappa shape index (κ1) is 12.5. The van der Waals surface area contributed by atoms with E-state index in [9.17, 15) is 0 Å². The lowest BCUT2D eigenvalue weighted by atomic mass is 10.3. The molecule has 0 amide bonds. The molecule has 0 spiro atoms. The number of nitrogens with zero attached hydrogens (tertiary/aromatic N) is 2. The van der Waals surface area contributed by atoms with Gasteiger partial charge >= 0.3 is 0 Å². The van der Waals surface area contributed by atoms with E-state index in [4.69, 9.17) is 16.3 Å². The smallest absolute Gasteiger partial charge is 0.151 e. The van der Waals surface area contributed by atoms with Crippen molar-refractivity contribution in [2.24, 2.45) is 0 Å². The summed E-state index contributed by atoms with van der Waals surface area (Å²) in [5, 5.41) is 11.4. The summed E-state index contributed by atoms with van der Waals surface area (Å²) in [5.41, 5.74) is 0. The summed E-state index contributed by atoms with van der Waals surface area (Å²) in [4.78, 5) is 1.63. The van der Waals surface area contributed by atoms with Crippen molar-refractivity contribution in [2.45, 2.75) is 6.42 Å². The molecule has 1 aromatic rings. The third-order valence-electron chi connectivity index (χ3n) is 2.85. The Balaban J connectivity index is 1.60. The molecular weight excluding hydrogens is 240 g/mol. The average molecular weight is 258 g/mol. The number of hydrogen-bond donors (Lipinski definition) is 2. The molecule has 2 N–H and O–H groups in total. The largest absolute Gasteiger partial charge is 0.370 e. The second-order valence-electron chi connectivity index (χ2n) is 4.13. The molecular formula is C11H18ClN4O+. The van der Waals surface area contributed by atoms with Crippen molar-refractivity contribution in [2.75, 3.05) is 44.7 Å². The number of morpholine rings is 1. The first-order valence-corrected chi connectivity index (χ1v) is 6.37. The van der Waals surface area contributed by atoms with Crippen molar-refractivity contribution in [3.63, 3.8) is 0 Å². The molecule has 0 unspecified atom stereocenters. The van der Waals surface area contributed by atoms with Crippen LogP contribution in [0.15, 0.2) is 12.1 Å². The zero-order valence-electron chi connectivity index (χ0n) is 9.79. The fourth-order valence-corrected chi connectivity index (χ4v) is 1.98. The Morgan fingerprint density at radius 2 is 2.12 bits per heavy atom. The Morgan fingerprint density at radius 3 is 2.82 bits per heavy atom. The maximum atomic E-state index is 5.66. The van der Waals surface area contributed by atoms with Crippen LogP contribution in [0.4, 0.5) is 5.82 Å². The first-order chi connectivity index (χ1) is 8.34. The molecule has 2 heterocycles. The Labute approximate surface area is 106 Å². The summed E-state index contributed by atoms with van der Waals surface area (Å²) in [6, 6.07) is 3.58. The number of anilines is 1. The minimum absolute atomic E-state index is 0.424. The molecule has 1 aliphatic rings. The molecule has 0 bridgehead atoms. The Hall–Kier alpha value is -0.910. The molecule has 0 radical (unpaired) electrons. The predicted octanol–water partition coefficient (Wildman–Crippen LogP) is -0.153. The monoisotopic (exact) mass is 257 g/mol. The van der Waals surface area contributed by atoms with Crippen LogP contribution in [-0.4, -0.2) is 49.6 Å². The molecule has 1 fully saturated rings. The highest BCUT2D eigenvalue weighted by atomic mass is 35.5. The first-order valence-electron chi connectivity index (χ1n) is 5.99. The number of rotatable bonds is 5. The molecule has 0 aliphatic carbocycles. The number of halogens is 1. The van der Waals surface area contributed by atoms with Crippen LogP contribution in [0.1, 0.15) is 6.42 Å². The molecule has 17 heavy (non-hydrogen) atoms. The normalized spacial score (nSPS) is 17.0. The van der Waals surface area contributed by atoms with Gasteiger partial charge in [0.25, 0.3) is 0 Å². The number of ether oxygens (including phenoxy) is 1. The van der Waals surface area contributed by atoms with E-state index < -0.39 is 0 Å². The van der Waals surface area contributed by atoms with Crippen LogP contribution in [0.2, 0.25) is 5.15 Å². The molecule has 0 saturated carbocycles. The van der Waals surface area contributed by atoms with Crippen LogP contribution in [0.5, 0.6) is 0 Å². The fourth-order valence-electron chi connectivity index (χ4n) is 1.88. The minimum atomic E-state index is 0.424. The third-order valence-corrected chi connectivity index (χ3v) is 3.05. The van der Waals surface area contributed by atoms with E-state index in [2.05, 4.69) is 15.5 Å². The Morgan fingerprint density at radius 1 is 1.29 bits per heavy atom. The molecule has 2 rings (SSSR count). The maximum Gasteiger partial charge on any atom is 0.151 e. The zero-order chi connectivity index (χ0) is 11.9. The quantitative estimate of drug-likeness (QED) is 0.721. The Kier molecular flexibility index (Phi) is 4.97. The Bertz CT molecular complexity index is 327. The van der Waals surface area contributed by atoms with E-state index in [1.165, 1.54) is 6.54 Å². The summed E-state index contributed by atoms with van der Waals surface area (Å²) in [7, 11) is 0. The van der Waals surface area contributed by atoms with Gasteiger partial charge in [-0.05, 0) is 12.1 Å². The highest BCUT2D eigenvalue weighted by molar-refractivity contribution is 6.29. The van der Waals surface area contributed by atoms with Crippen molar-refractivity contribution < 1.29 is 9.64 Å². The predicted molar refractivity (Wildman–Crippen MR) is 66.5 cm³/mol. The van der Waals surface area contributed by atoms with Crippen LogP contribution in [0.25, 0.3) is 0 Å². The van der Waals surface area contributed by atoms with E-state index in [1.54, 1.807) is 11.0 Å². The average Bonchev–Trinajstić information content (AvgIpc) is 2.38. The number of aromatic nitrogens is 2. The highest BCUT2D eigenvalue weighted by Gasteiger charge is 2.12. The number of hydrogen-bond acceptors (Lipinski definition) is 4. The van der Waals surface area contributed by atoms with Crippen molar-refractivity contribution >= 4 is 17.4 Å². The van der Waals surface area contributed by atoms with Gasteiger partial charge in [-0.1, -0.05) is 11.6 Å². The van der Waals surface area contributed by atoms with Crippen LogP contribution in [-0.2, 0) is 4.74 Å². The van der Waals surface area contributed by atoms with Crippen molar-refractivity contribution in [3.05, 3.63) is 17.3 Å². The van der Waals surface area contributed by atoms with Gasteiger partial charge in [-0.2, -0.15) is 0 Å². The van der Waals surface area contributed by atoms with Gasteiger partial charge in [0, 0.05) is 13.0 Å². The standard InChI is InChI=1S/C11H17ClN4O/c12-10-2-3-11(15-14-10)13-4-1-5-16-6-8-17-9-7-16/h2-3H,1,4-9H2,(H,13,15)/p+1. The lowest BCUT2D eigenvalue weighted by Gasteiger charge is -2.23. The molecule has 1 aliphatic heterocycles. The van der Waals surface area contributed by atoms with Crippen LogP contribution in [0.3, 0.4) is 0 Å². The van der Waals surface area contributed by atoms with E-state index in [-0.39, 0.29) is 0 Å². The van der Waals surface area contributed by atoms with Crippen LogP contribution in [0, 0.1) is 0 Å². The minimum Gasteiger partial charge on any atom is -0.370 e. The van der Waals surface area contributed by atoms with Crippen molar-refractivity contribution in [1.82, 2.24) is 10.2 Å². The molecule has 0 atom stereocenters. The van der Waals surface area contributed by atoms with E-state index in [0.29, 0.717) is 5.15 Å². The van der Waals surface area contributed by atoms with Gasteiger partial charge in [-0.3, -0.25) is 0 Å². The van der Waals surface area contributed by atoms with Gasteiger partial charge in [0.15, 0.2) is 5.15 Å². The molecule has 94 valence electrons. The maximum absolute atomic E-state index is 5.66. The van der Waals surface area contributed by atoms with Gasteiger partial charge in [0.2, 0.25) is 0 Å². The second-order valence-corrected chi connectivity index (χ2v) is 4.52. The molecule has 6 heteroatoms. The van der Waals surface area contributed by atoms with E-state index >= 15 is 0 Å². The highest BCUT2D eigenvalue weighted by Crippen LogP contribution is 2.05. The fraction of sp³-hybridized carbons (Fsp3) is 0.636. The summed E-state index contributed by atoms with van der Waals surface area (Å²) in [6.07, 6.45) is 1.12. The SMILES string of the molecule is Clc1ccc(NCCC[NH+]2CCOCC2)nn1. The summed E-state index contributed by atoms with van der Waals surface area (Å²) in [5.74, 6) is 0.784. The molecule has 0 aromatic carbocycles. The van der Waals surface area contributed by atoms with Gasteiger partial charge in [0.05, 0.1) is 19.8 Å². The van der Waals surface area contributed by atoms with Crippen LogP contribution < -0.4 is 10.2 Å². The molecule has 5 nitrogen and oxygen atoms in total. The lowest BCUT2D eigenvalue weighted by Crippen LogP contribution is -3.14. The molecule has 1 aromatic heterocycles. The topological polar surface area (TPSA) is 51.5 Å². The summed E-state index contributed by atoms with van der Waals surface area (Å²) in [6.45, 7) is 6.14. The summed E-state index contributed by atoms with van der Waals surface area (Å²) < 4.78 is 5.32. The number of quaternary nitrogens is 1. The van der Waals surface area contributed by atoms with E-state index in [1.807, 2.05) is 6.07 Å². The third kappa shape index (κ3) is 4.46. The van der Waals surface area contributed by atoms with Gasteiger partial charge in [0.1, 0.15) is 18.9 Å². The van der Waals surface area contributed by atoms with Gasteiger partial charge in [-0.25, -0.2) is 0 Å². The van der Waals surface area contributed by atoms with Crippen molar-refractivity contribution in [1.29, 1.82) is 0 Å². The molecule has 1 saturated heterocycles. The lowest BCUT2D eigenvalue weighted by molar-refractivity contribution is -0.908. The van der Waals surface area contributed by atoms with Crippen LogP contribution >= 0.6 is 11.6 Å². The second kappa shape index (κ2) is 6.74. The van der Waals surface area contributed by atoms with Gasteiger partial charge < -0.3 is 15.0 Å².